The molecule has 0 atom stereocenters. The Morgan fingerprint density at radius 2 is 0.600 bits per heavy atom. The SMILES string of the molecule is Brc1ccc2c(c1)c1ccccc1n2-c1nc2ccccc2c2nc3ccccc3n12.C.O=P(c1ccccc1)(c1ccccc1)c1ccc(-c2ccc3c(c2)c2ccccc2n3-c2nc3ccccc3c3nc4ccccc4n23)cc1.O=P(c1ccccc1)(c1ccccc1)c1ccc(B(O)O)cc1. The van der Waals surface area contributed by atoms with Gasteiger partial charge in [-0.15, -0.1) is 0 Å². The topological polar surface area (TPSA) is 145 Å². The lowest BCUT2D eigenvalue weighted by Gasteiger charge is -2.20. The average molecular weight is 1460 g/mol. The third-order valence-electron chi connectivity index (χ3n) is 19.6. The largest absolute Gasteiger partial charge is 0.488 e. The van der Waals surface area contributed by atoms with Gasteiger partial charge in [-0.05, 0) is 108 Å². The van der Waals surface area contributed by atoms with Gasteiger partial charge < -0.3 is 19.2 Å². The first-order valence-corrected chi connectivity index (χ1v) is 38.4. The molecule has 504 valence electrons. The highest BCUT2D eigenvalue weighted by atomic mass is 79.9. The maximum absolute atomic E-state index is 14.9. The lowest BCUT2D eigenvalue weighted by Crippen LogP contribution is -2.32. The first-order valence-electron chi connectivity index (χ1n) is 34.1. The Morgan fingerprint density at radius 1 is 0.286 bits per heavy atom. The fraction of sp³-hybridized carbons (Fsp3) is 0.0112. The van der Waals surface area contributed by atoms with Crippen LogP contribution in [0.1, 0.15) is 7.43 Å². The standard InChI is InChI=1S/C44H29N4OP.C26H15BrN4.C18H16BO3P.CH4/c49-50(32-13-3-1-4-14-32,33-15-5-2-6-16-33)34-26-23-30(24-27-34)31-25-28-41-37(29-31)35-17-8-11-21-40(35)47(41)44-46-38-19-9-7-18-36(38)43-45-39-20-10-12-22-42(39)48(43)44;27-16-13-14-23-19(15-16)17-7-2-5-11-22(17)30(23)26-29-20-9-3-1-8-18(20)25-28-21-10-4-6-12-24(21)31(25)26;20-19(21)15-11-13-18(14-12-15)23(22,16-7-3-1-4-8-16)17-9-5-2-6-10-17;/h1-29H;1-15H;1-14,20-21H;1H4. The van der Waals surface area contributed by atoms with Crippen molar-refractivity contribution in [2.24, 2.45) is 0 Å². The van der Waals surface area contributed by atoms with Crippen LogP contribution in [0.3, 0.4) is 0 Å². The van der Waals surface area contributed by atoms with Crippen molar-refractivity contribution in [1.29, 1.82) is 0 Å². The van der Waals surface area contributed by atoms with Gasteiger partial charge in [0.15, 0.2) is 14.3 Å². The zero-order chi connectivity index (χ0) is 70.0. The Hall–Kier alpha value is -12.1. The van der Waals surface area contributed by atoms with E-state index in [4.69, 9.17) is 19.9 Å². The van der Waals surface area contributed by atoms with Crippen molar-refractivity contribution >= 4 is 173 Å². The van der Waals surface area contributed by atoms with E-state index >= 15 is 0 Å². The van der Waals surface area contributed by atoms with Crippen molar-refractivity contribution < 1.29 is 19.2 Å². The number of imidazole rings is 2. The van der Waals surface area contributed by atoms with Crippen LogP contribution in [0.2, 0.25) is 0 Å². The fourth-order valence-corrected chi connectivity index (χ4v) is 20.3. The second-order valence-corrected chi connectivity index (χ2v) is 32.0. The average Bonchev–Trinajstić information content (AvgIpc) is 1.67. The minimum Gasteiger partial charge on any atom is -0.423 e. The molecular formula is C89H64BBrN8O4P2. The van der Waals surface area contributed by atoms with Crippen LogP contribution < -0.4 is 37.3 Å². The fourth-order valence-electron chi connectivity index (χ4n) is 14.6. The number of benzene rings is 14. The summed E-state index contributed by atoms with van der Waals surface area (Å²) in [6.45, 7) is 0. The molecule has 0 spiro atoms. The van der Waals surface area contributed by atoms with E-state index in [1.54, 1.807) is 24.3 Å². The van der Waals surface area contributed by atoms with Crippen LogP contribution >= 0.6 is 30.2 Å². The van der Waals surface area contributed by atoms with Gasteiger partial charge in [0.25, 0.3) is 0 Å². The number of para-hydroxylation sites is 8. The number of hydrogen-bond donors (Lipinski definition) is 2. The predicted octanol–water partition coefficient (Wildman–Crippen LogP) is 18.0. The number of fused-ring (bicyclic) bond motifs is 16. The van der Waals surface area contributed by atoms with Gasteiger partial charge in [-0.3, -0.25) is 17.9 Å². The first kappa shape index (κ1) is 66.1. The van der Waals surface area contributed by atoms with Crippen LogP contribution in [0.25, 0.3) is 122 Å². The van der Waals surface area contributed by atoms with Crippen molar-refractivity contribution in [2.75, 3.05) is 0 Å². The molecule has 6 aromatic heterocycles. The van der Waals surface area contributed by atoms with Crippen LogP contribution in [-0.4, -0.2) is 55.0 Å². The zero-order valence-electron chi connectivity index (χ0n) is 55.6. The molecule has 0 aliphatic rings. The Bertz CT molecular complexity index is 6710. The Balaban J connectivity index is 0.000000126. The maximum Gasteiger partial charge on any atom is 0.488 e. The van der Waals surface area contributed by atoms with Crippen LogP contribution in [0, 0.1) is 0 Å². The second kappa shape index (κ2) is 27.3. The third kappa shape index (κ3) is 11.3. The molecule has 105 heavy (non-hydrogen) atoms. The molecule has 0 aliphatic carbocycles. The normalized spacial score (nSPS) is 11.8. The van der Waals surface area contributed by atoms with Crippen molar-refractivity contribution in [3.8, 4) is 23.0 Å². The minimum atomic E-state index is -3.06. The van der Waals surface area contributed by atoms with Gasteiger partial charge in [-0.25, -0.2) is 19.9 Å². The molecule has 16 heteroatoms. The van der Waals surface area contributed by atoms with Crippen molar-refractivity contribution in [1.82, 2.24) is 37.9 Å². The molecule has 6 heterocycles. The van der Waals surface area contributed by atoms with Gasteiger partial charge in [0, 0.05) is 68.6 Å². The van der Waals surface area contributed by atoms with Gasteiger partial charge >= 0.3 is 7.12 Å². The molecule has 14 aromatic carbocycles. The van der Waals surface area contributed by atoms with Crippen LogP contribution in [0.5, 0.6) is 0 Å². The number of nitrogens with zero attached hydrogens (tertiary/aromatic N) is 8. The highest BCUT2D eigenvalue weighted by Gasteiger charge is 2.32. The molecule has 0 amide bonds. The zero-order valence-corrected chi connectivity index (χ0v) is 59.0. The van der Waals surface area contributed by atoms with E-state index < -0.39 is 21.4 Å². The minimum absolute atomic E-state index is 0. The van der Waals surface area contributed by atoms with E-state index in [1.807, 2.05) is 170 Å². The summed E-state index contributed by atoms with van der Waals surface area (Å²) in [6.07, 6.45) is 0. The molecule has 0 radical (unpaired) electrons. The molecule has 2 N–H and O–H groups in total. The number of rotatable bonds is 10. The summed E-state index contributed by atoms with van der Waals surface area (Å²) in [6, 6.07) is 116. The van der Waals surface area contributed by atoms with Gasteiger partial charge in [0.05, 0.1) is 55.2 Å². The molecule has 0 fully saturated rings. The number of aromatic nitrogens is 8. The molecule has 0 saturated carbocycles. The van der Waals surface area contributed by atoms with E-state index in [9.17, 15) is 19.2 Å². The second-order valence-electron chi connectivity index (χ2n) is 25.5. The number of hydrogen-bond acceptors (Lipinski definition) is 8. The summed E-state index contributed by atoms with van der Waals surface area (Å²) in [5.74, 6) is 1.64. The number of halogens is 1. The van der Waals surface area contributed by atoms with E-state index in [0.717, 1.165) is 142 Å². The molecule has 0 bridgehead atoms. The third-order valence-corrected chi connectivity index (χ3v) is 26.2. The van der Waals surface area contributed by atoms with E-state index in [2.05, 4.69) is 192 Å². The Labute approximate surface area is 613 Å². The van der Waals surface area contributed by atoms with Crippen molar-refractivity contribution in [3.63, 3.8) is 0 Å². The Morgan fingerprint density at radius 3 is 1.02 bits per heavy atom. The molecule has 20 aromatic rings. The van der Waals surface area contributed by atoms with Crippen LogP contribution in [0.4, 0.5) is 0 Å². The van der Waals surface area contributed by atoms with Crippen molar-refractivity contribution in [3.05, 3.63) is 356 Å². The molecule has 20 rings (SSSR count). The van der Waals surface area contributed by atoms with Crippen LogP contribution in [0.15, 0.2) is 356 Å². The quantitative estimate of drug-likeness (QED) is 0.102. The van der Waals surface area contributed by atoms with Gasteiger partial charge in [-0.2, -0.15) is 0 Å². The lowest BCUT2D eigenvalue weighted by atomic mass is 9.81. The first-order chi connectivity index (χ1) is 51.1. The summed E-state index contributed by atoms with van der Waals surface area (Å²) < 4.78 is 38.9. The summed E-state index contributed by atoms with van der Waals surface area (Å²) >= 11 is 3.64. The Kier molecular flexibility index (Phi) is 17.2. The monoisotopic (exact) mass is 1460 g/mol. The van der Waals surface area contributed by atoms with Gasteiger partial charge in [-0.1, -0.05) is 284 Å². The van der Waals surface area contributed by atoms with Gasteiger partial charge in [0.2, 0.25) is 11.9 Å². The molecule has 0 unspecified atom stereocenters. The molecule has 0 aliphatic heterocycles. The molecule has 0 saturated heterocycles. The van der Waals surface area contributed by atoms with Crippen molar-refractivity contribution in [2.45, 2.75) is 7.43 Å². The summed E-state index contributed by atoms with van der Waals surface area (Å²) in [4.78, 5) is 20.5. The van der Waals surface area contributed by atoms with E-state index in [1.165, 1.54) is 10.8 Å². The van der Waals surface area contributed by atoms with E-state index in [-0.39, 0.29) is 7.43 Å². The smallest absolute Gasteiger partial charge is 0.423 e. The molecule has 12 nitrogen and oxygen atoms in total. The summed E-state index contributed by atoms with van der Waals surface area (Å²) in [5.41, 5.74) is 14.5. The predicted molar refractivity (Wildman–Crippen MR) is 440 cm³/mol. The highest BCUT2D eigenvalue weighted by Crippen LogP contribution is 2.45. The summed E-state index contributed by atoms with van der Waals surface area (Å²) in [5, 5.41) is 29.9. The lowest BCUT2D eigenvalue weighted by molar-refractivity contribution is 0.426. The molecular weight excluding hydrogens is 1400 g/mol. The van der Waals surface area contributed by atoms with Gasteiger partial charge in [0.1, 0.15) is 11.3 Å². The van der Waals surface area contributed by atoms with E-state index in [0.29, 0.717) is 10.8 Å². The maximum atomic E-state index is 14.9. The highest BCUT2D eigenvalue weighted by molar-refractivity contribution is 9.10. The van der Waals surface area contributed by atoms with Crippen LogP contribution in [-0.2, 0) is 9.13 Å². The summed E-state index contributed by atoms with van der Waals surface area (Å²) in [7, 11) is -7.58.